The summed E-state index contributed by atoms with van der Waals surface area (Å²) >= 11 is 0. The third kappa shape index (κ3) is 2.77. The van der Waals surface area contributed by atoms with Gasteiger partial charge in [-0.05, 0) is 36.4 Å². The number of aromatic nitrogens is 6. The van der Waals surface area contributed by atoms with Crippen molar-refractivity contribution in [3.05, 3.63) is 78.8 Å². The average molecular weight is 360 g/mol. The van der Waals surface area contributed by atoms with Gasteiger partial charge in [0.2, 0.25) is 0 Å². The summed E-state index contributed by atoms with van der Waals surface area (Å²) in [5.41, 5.74) is 2.27. The molecular weight excluding hydrogens is 347 g/mol. The van der Waals surface area contributed by atoms with E-state index in [2.05, 4.69) is 20.2 Å². The van der Waals surface area contributed by atoms with Crippen LogP contribution >= 0.6 is 0 Å². The Balaban J connectivity index is 1.49. The summed E-state index contributed by atoms with van der Waals surface area (Å²) in [6.45, 7) is 0.168. The molecule has 0 aliphatic carbocycles. The lowest BCUT2D eigenvalue weighted by atomic mass is 10.3. The second-order valence-electron chi connectivity index (χ2n) is 5.91. The van der Waals surface area contributed by atoms with Crippen molar-refractivity contribution in [2.24, 2.45) is 0 Å². The van der Waals surface area contributed by atoms with Gasteiger partial charge in [0.1, 0.15) is 24.5 Å². The fourth-order valence-corrected chi connectivity index (χ4v) is 2.86. The maximum Gasteiger partial charge on any atom is 0.189 e. The van der Waals surface area contributed by atoms with E-state index in [-0.39, 0.29) is 12.4 Å². The van der Waals surface area contributed by atoms with Crippen molar-refractivity contribution in [3.63, 3.8) is 0 Å². The molecule has 0 aliphatic heterocycles. The van der Waals surface area contributed by atoms with E-state index in [1.54, 1.807) is 33.9 Å². The first-order valence-corrected chi connectivity index (χ1v) is 8.30. The van der Waals surface area contributed by atoms with Crippen molar-refractivity contribution in [1.29, 1.82) is 0 Å². The van der Waals surface area contributed by atoms with Crippen LogP contribution in [-0.4, -0.2) is 29.4 Å². The van der Waals surface area contributed by atoms with E-state index in [0.717, 1.165) is 11.1 Å². The van der Waals surface area contributed by atoms with E-state index in [1.165, 1.54) is 12.1 Å². The van der Waals surface area contributed by atoms with E-state index in [1.807, 2.05) is 30.3 Å². The quantitative estimate of drug-likeness (QED) is 0.492. The summed E-state index contributed by atoms with van der Waals surface area (Å²) < 4.78 is 21.9. The lowest BCUT2D eigenvalue weighted by Crippen LogP contribution is -1.99. The SMILES string of the molecule is Fc1ccc(OCc2nc3c4cnn(-c5ccccc5)c4ncn3n2)cc1. The van der Waals surface area contributed by atoms with Crippen LogP contribution in [0.25, 0.3) is 22.4 Å². The third-order valence-corrected chi connectivity index (χ3v) is 4.13. The van der Waals surface area contributed by atoms with Crippen LogP contribution in [0.15, 0.2) is 67.1 Å². The zero-order chi connectivity index (χ0) is 18.2. The Hall–Kier alpha value is -3.81. The van der Waals surface area contributed by atoms with Crippen LogP contribution in [0.3, 0.4) is 0 Å². The largest absolute Gasteiger partial charge is 0.486 e. The predicted octanol–water partition coefficient (Wildman–Crippen LogP) is 3.18. The number of fused-ring (bicyclic) bond motifs is 3. The molecule has 0 bridgehead atoms. The van der Waals surface area contributed by atoms with Gasteiger partial charge in [0.25, 0.3) is 0 Å². The van der Waals surface area contributed by atoms with Gasteiger partial charge in [0.15, 0.2) is 17.1 Å². The number of nitrogens with zero attached hydrogens (tertiary/aromatic N) is 6. The number of ether oxygens (including phenoxy) is 1. The Morgan fingerprint density at radius 1 is 0.963 bits per heavy atom. The maximum atomic E-state index is 13.0. The third-order valence-electron chi connectivity index (χ3n) is 4.13. The van der Waals surface area contributed by atoms with Gasteiger partial charge in [-0.1, -0.05) is 18.2 Å². The normalized spacial score (nSPS) is 11.3. The Labute approximate surface area is 152 Å². The maximum absolute atomic E-state index is 13.0. The molecule has 5 aromatic rings. The van der Waals surface area contributed by atoms with Crippen molar-refractivity contribution < 1.29 is 9.13 Å². The van der Waals surface area contributed by atoms with E-state index < -0.39 is 0 Å². The van der Waals surface area contributed by atoms with Crippen LogP contribution in [-0.2, 0) is 6.61 Å². The molecule has 0 saturated carbocycles. The molecule has 0 atom stereocenters. The average Bonchev–Trinajstić information content (AvgIpc) is 3.32. The molecule has 0 spiro atoms. The van der Waals surface area contributed by atoms with Crippen molar-refractivity contribution in [2.45, 2.75) is 6.61 Å². The molecule has 0 aliphatic rings. The highest BCUT2D eigenvalue weighted by Crippen LogP contribution is 2.20. The van der Waals surface area contributed by atoms with E-state index in [9.17, 15) is 4.39 Å². The topological polar surface area (TPSA) is 70.1 Å². The number of rotatable bonds is 4. The molecule has 3 aromatic heterocycles. The van der Waals surface area contributed by atoms with E-state index in [0.29, 0.717) is 22.9 Å². The number of halogens is 1. The van der Waals surface area contributed by atoms with Gasteiger partial charge >= 0.3 is 0 Å². The molecule has 5 rings (SSSR count). The molecule has 0 N–H and O–H groups in total. The van der Waals surface area contributed by atoms with Gasteiger partial charge < -0.3 is 4.74 Å². The van der Waals surface area contributed by atoms with Gasteiger partial charge in [-0.2, -0.15) is 5.10 Å². The Kier molecular flexibility index (Phi) is 3.53. The van der Waals surface area contributed by atoms with Crippen LogP contribution in [0.5, 0.6) is 5.75 Å². The second-order valence-corrected chi connectivity index (χ2v) is 5.91. The summed E-state index contributed by atoms with van der Waals surface area (Å²) in [6.07, 6.45) is 3.33. The fraction of sp³-hybridized carbons (Fsp3) is 0.0526. The second kappa shape index (κ2) is 6.17. The van der Waals surface area contributed by atoms with Crippen molar-refractivity contribution in [1.82, 2.24) is 29.4 Å². The molecular formula is C19H13FN6O. The minimum Gasteiger partial charge on any atom is -0.486 e. The summed E-state index contributed by atoms with van der Waals surface area (Å²) in [4.78, 5) is 9.01. The molecule has 2 aromatic carbocycles. The number of para-hydroxylation sites is 1. The summed E-state index contributed by atoms with van der Waals surface area (Å²) in [7, 11) is 0. The predicted molar refractivity (Wildman–Crippen MR) is 96.1 cm³/mol. The number of hydrogen-bond acceptors (Lipinski definition) is 5. The first-order chi connectivity index (χ1) is 13.3. The minimum absolute atomic E-state index is 0.168. The molecule has 0 radical (unpaired) electrons. The first-order valence-electron chi connectivity index (χ1n) is 8.30. The Morgan fingerprint density at radius 3 is 2.59 bits per heavy atom. The van der Waals surface area contributed by atoms with Crippen LogP contribution < -0.4 is 4.74 Å². The molecule has 0 saturated heterocycles. The van der Waals surface area contributed by atoms with Gasteiger partial charge in [-0.25, -0.2) is 23.6 Å². The van der Waals surface area contributed by atoms with Gasteiger partial charge in [0, 0.05) is 0 Å². The van der Waals surface area contributed by atoms with Gasteiger partial charge in [-0.3, -0.25) is 0 Å². The zero-order valence-corrected chi connectivity index (χ0v) is 14.0. The van der Waals surface area contributed by atoms with Crippen molar-refractivity contribution in [2.75, 3.05) is 0 Å². The summed E-state index contributed by atoms with van der Waals surface area (Å²) in [5.74, 6) is 0.744. The standard InChI is InChI=1S/C19H13FN6O/c20-13-6-8-15(9-7-13)27-11-17-23-19-16-10-22-26(14-4-2-1-3-5-14)18(16)21-12-25(19)24-17/h1-10,12H,11H2. The van der Waals surface area contributed by atoms with Crippen LogP contribution in [0, 0.1) is 5.82 Å². The molecule has 132 valence electrons. The van der Waals surface area contributed by atoms with E-state index in [4.69, 9.17) is 4.74 Å². The van der Waals surface area contributed by atoms with Crippen LogP contribution in [0.1, 0.15) is 5.82 Å². The number of benzene rings is 2. The summed E-state index contributed by atoms with van der Waals surface area (Å²) in [6, 6.07) is 15.6. The lowest BCUT2D eigenvalue weighted by Gasteiger charge is -2.02. The fourth-order valence-electron chi connectivity index (χ4n) is 2.86. The van der Waals surface area contributed by atoms with Crippen LogP contribution in [0.2, 0.25) is 0 Å². The molecule has 0 unspecified atom stereocenters. The molecule has 0 amide bonds. The van der Waals surface area contributed by atoms with Crippen molar-refractivity contribution >= 4 is 16.7 Å². The highest BCUT2D eigenvalue weighted by molar-refractivity contribution is 5.89. The Bertz CT molecular complexity index is 1230. The van der Waals surface area contributed by atoms with E-state index >= 15 is 0 Å². The zero-order valence-electron chi connectivity index (χ0n) is 14.0. The minimum atomic E-state index is -0.308. The summed E-state index contributed by atoms with van der Waals surface area (Å²) in [5, 5.41) is 9.61. The van der Waals surface area contributed by atoms with Gasteiger partial charge in [0.05, 0.1) is 17.3 Å². The van der Waals surface area contributed by atoms with Gasteiger partial charge in [-0.15, -0.1) is 5.10 Å². The molecule has 27 heavy (non-hydrogen) atoms. The first kappa shape index (κ1) is 15.4. The molecule has 3 heterocycles. The number of hydrogen-bond donors (Lipinski definition) is 0. The monoisotopic (exact) mass is 360 g/mol. The lowest BCUT2D eigenvalue weighted by molar-refractivity contribution is 0.295. The van der Waals surface area contributed by atoms with Crippen molar-refractivity contribution in [3.8, 4) is 11.4 Å². The molecule has 0 fully saturated rings. The molecule has 8 heteroatoms. The van der Waals surface area contributed by atoms with Crippen LogP contribution in [0.4, 0.5) is 4.39 Å². The smallest absolute Gasteiger partial charge is 0.189 e. The molecule has 7 nitrogen and oxygen atoms in total. The highest BCUT2D eigenvalue weighted by atomic mass is 19.1. The Morgan fingerprint density at radius 2 is 1.78 bits per heavy atom. The highest BCUT2D eigenvalue weighted by Gasteiger charge is 2.13.